The van der Waals surface area contributed by atoms with Crippen molar-refractivity contribution in [2.45, 2.75) is 12.8 Å². The van der Waals surface area contributed by atoms with E-state index >= 15 is 0 Å². The third-order valence-electron chi connectivity index (χ3n) is 4.89. The highest BCUT2D eigenvalue weighted by Gasteiger charge is 2.19. The van der Waals surface area contributed by atoms with Gasteiger partial charge in [0.2, 0.25) is 10.0 Å². The van der Waals surface area contributed by atoms with Crippen molar-refractivity contribution in [3.63, 3.8) is 0 Å². The normalized spacial score (nSPS) is 14.9. The van der Waals surface area contributed by atoms with Crippen LogP contribution in [-0.2, 0) is 22.9 Å². The highest BCUT2D eigenvalue weighted by Crippen LogP contribution is 2.37. The molecule has 0 atom stereocenters. The standard InChI is InChI=1S/C23H20ClNO2S/c1-28(26,27)25-18-12-9-16(10-13-18)15-22-19-6-3-2-5-17(19)11-14-21-20(22)7-4-8-23(21)24/h2-10,12-13,15,25H,11,14H2,1H3. The lowest BCUT2D eigenvalue weighted by Crippen LogP contribution is -2.09. The van der Waals surface area contributed by atoms with Gasteiger partial charge in [-0.3, -0.25) is 4.72 Å². The Morgan fingerprint density at radius 3 is 2.36 bits per heavy atom. The van der Waals surface area contributed by atoms with Gasteiger partial charge in [0.25, 0.3) is 0 Å². The number of nitrogens with one attached hydrogen (secondary N) is 1. The van der Waals surface area contributed by atoms with E-state index < -0.39 is 10.0 Å². The summed E-state index contributed by atoms with van der Waals surface area (Å²) in [5, 5.41) is 0.795. The van der Waals surface area contributed by atoms with Crippen molar-refractivity contribution in [1.29, 1.82) is 0 Å². The summed E-state index contributed by atoms with van der Waals surface area (Å²) in [6.07, 6.45) is 5.14. The molecule has 4 rings (SSSR count). The first-order chi connectivity index (χ1) is 13.4. The van der Waals surface area contributed by atoms with Gasteiger partial charge in [0.1, 0.15) is 0 Å². The highest BCUT2D eigenvalue weighted by molar-refractivity contribution is 7.92. The maximum absolute atomic E-state index is 11.4. The molecule has 0 saturated heterocycles. The second-order valence-corrected chi connectivity index (χ2v) is 9.13. The van der Waals surface area contributed by atoms with Crippen molar-refractivity contribution in [3.8, 4) is 0 Å². The minimum absolute atomic E-state index is 0.550. The molecule has 1 aliphatic carbocycles. The van der Waals surface area contributed by atoms with Crippen LogP contribution in [0, 0.1) is 0 Å². The fourth-order valence-corrected chi connectivity index (χ4v) is 4.49. The Kier molecular flexibility index (Phi) is 5.00. The molecule has 0 radical (unpaired) electrons. The number of halogens is 1. The van der Waals surface area contributed by atoms with Crippen molar-refractivity contribution in [2.75, 3.05) is 11.0 Å². The number of fused-ring (bicyclic) bond motifs is 2. The van der Waals surface area contributed by atoms with E-state index in [0.29, 0.717) is 5.69 Å². The van der Waals surface area contributed by atoms with E-state index in [1.807, 2.05) is 24.3 Å². The summed E-state index contributed by atoms with van der Waals surface area (Å²) in [5.41, 5.74) is 7.51. The Hall–Kier alpha value is -2.56. The summed E-state index contributed by atoms with van der Waals surface area (Å²) in [6.45, 7) is 0. The molecule has 0 aliphatic heterocycles. The quantitative estimate of drug-likeness (QED) is 0.629. The molecule has 5 heteroatoms. The van der Waals surface area contributed by atoms with E-state index in [9.17, 15) is 8.42 Å². The van der Waals surface area contributed by atoms with Gasteiger partial charge in [-0.25, -0.2) is 8.42 Å². The number of hydrogen-bond acceptors (Lipinski definition) is 2. The fraction of sp³-hybridized carbons (Fsp3) is 0.130. The molecule has 3 aromatic carbocycles. The van der Waals surface area contributed by atoms with Gasteiger partial charge in [-0.15, -0.1) is 0 Å². The minimum atomic E-state index is -3.29. The zero-order valence-corrected chi connectivity index (χ0v) is 17.0. The van der Waals surface area contributed by atoms with E-state index in [-0.39, 0.29) is 0 Å². The zero-order valence-electron chi connectivity index (χ0n) is 15.4. The first-order valence-corrected chi connectivity index (χ1v) is 11.3. The van der Waals surface area contributed by atoms with Crippen LogP contribution in [0.4, 0.5) is 5.69 Å². The van der Waals surface area contributed by atoms with Gasteiger partial charge in [0, 0.05) is 10.7 Å². The lowest BCUT2D eigenvalue weighted by atomic mass is 9.92. The SMILES string of the molecule is CS(=O)(=O)Nc1ccc(C=C2c3ccccc3CCc3c(Cl)cccc32)cc1. The van der Waals surface area contributed by atoms with Gasteiger partial charge in [-0.1, -0.05) is 60.1 Å². The van der Waals surface area contributed by atoms with Crippen molar-refractivity contribution >= 4 is 39.0 Å². The van der Waals surface area contributed by atoms with Crippen LogP contribution < -0.4 is 4.72 Å². The average Bonchev–Trinajstić information content (AvgIpc) is 2.81. The van der Waals surface area contributed by atoms with E-state index in [1.54, 1.807) is 12.1 Å². The molecule has 0 unspecified atom stereocenters. The predicted octanol–water partition coefficient (Wildman–Crippen LogP) is 5.40. The summed E-state index contributed by atoms with van der Waals surface area (Å²) in [4.78, 5) is 0. The van der Waals surface area contributed by atoms with E-state index in [2.05, 4.69) is 41.1 Å². The number of sulfonamides is 1. The van der Waals surface area contributed by atoms with Gasteiger partial charge in [-0.05, 0) is 70.5 Å². The van der Waals surface area contributed by atoms with Crippen LogP contribution >= 0.6 is 11.6 Å². The van der Waals surface area contributed by atoms with Crippen LogP contribution in [0.25, 0.3) is 11.6 Å². The molecule has 0 spiro atoms. The van der Waals surface area contributed by atoms with Crippen LogP contribution in [0.3, 0.4) is 0 Å². The maximum Gasteiger partial charge on any atom is 0.229 e. The molecule has 1 N–H and O–H groups in total. The molecule has 0 bridgehead atoms. The summed E-state index contributed by atoms with van der Waals surface area (Å²) in [6, 6.07) is 21.9. The van der Waals surface area contributed by atoms with E-state index in [1.165, 1.54) is 16.7 Å². The van der Waals surface area contributed by atoms with Crippen LogP contribution in [0.2, 0.25) is 5.02 Å². The van der Waals surface area contributed by atoms with Crippen molar-refractivity contribution < 1.29 is 8.42 Å². The molecular weight excluding hydrogens is 390 g/mol. The van der Waals surface area contributed by atoms with Gasteiger partial charge in [-0.2, -0.15) is 0 Å². The number of aryl methyl sites for hydroxylation is 1. The molecule has 142 valence electrons. The minimum Gasteiger partial charge on any atom is -0.284 e. The van der Waals surface area contributed by atoms with Crippen LogP contribution in [-0.4, -0.2) is 14.7 Å². The number of hydrogen-bond donors (Lipinski definition) is 1. The lowest BCUT2D eigenvalue weighted by Gasteiger charge is -2.13. The van der Waals surface area contributed by atoms with Crippen LogP contribution in [0.15, 0.2) is 66.7 Å². The van der Waals surface area contributed by atoms with Gasteiger partial charge in [0.15, 0.2) is 0 Å². The fourth-order valence-electron chi connectivity index (χ4n) is 3.65. The number of rotatable bonds is 3. The third-order valence-corrected chi connectivity index (χ3v) is 5.85. The predicted molar refractivity (Wildman–Crippen MR) is 117 cm³/mol. The van der Waals surface area contributed by atoms with E-state index in [4.69, 9.17) is 11.6 Å². The molecule has 0 saturated carbocycles. The summed E-state index contributed by atoms with van der Waals surface area (Å²) in [7, 11) is -3.29. The summed E-state index contributed by atoms with van der Waals surface area (Å²) < 4.78 is 25.3. The van der Waals surface area contributed by atoms with Crippen molar-refractivity contribution in [1.82, 2.24) is 0 Å². The molecule has 0 aromatic heterocycles. The Bertz CT molecular complexity index is 1170. The average molecular weight is 410 g/mol. The molecule has 0 amide bonds. The second-order valence-electron chi connectivity index (χ2n) is 6.98. The molecule has 28 heavy (non-hydrogen) atoms. The van der Waals surface area contributed by atoms with Crippen molar-refractivity contribution in [2.24, 2.45) is 0 Å². The molecule has 1 aliphatic rings. The Morgan fingerprint density at radius 2 is 1.61 bits per heavy atom. The first kappa shape index (κ1) is 18.8. The molecular formula is C23H20ClNO2S. The molecule has 0 heterocycles. The molecule has 3 nitrogen and oxygen atoms in total. The Morgan fingerprint density at radius 1 is 0.893 bits per heavy atom. The summed E-state index contributed by atoms with van der Waals surface area (Å²) in [5.74, 6) is 0. The maximum atomic E-state index is 11.4. The van der Waals surface area contributed by atoms with Crippen LogP contribution in [0.5, 0.6) is 0 Å². The molecule has 3 aromatic rings. The van der Waals surface area contributed by atoms with Gasteiger partial charge >= 0.3 is 0 Å². The topological polar surface area (TPSA) is 46.2 Å². The lowest BCUT2D eigenvalue weighted by molar-refractivity contribution is 0.607. The summed E-state index contributed by atoms with van der Waals surface area (Å²) >= 11 is 6.52. The van der Waals surface area contributed by atoms with Gasteiger partial charge in [0.05, 0.1) is 6.26 Å². The monoisotopic (exact) mass is 409 g/mol. The highest BCUT2D eigenvalue weighted by atomic mass is 35.5. The second kappa shape index (κ2) is 7.46. The molecule has 0 fully saturated rings. The van der Waals surface area contributed by atoms with Crippen molar-refractivity contribution in [3.05, 3.63) is 99.6 Å². The smallest absolute Gasteiger partial charge is 0.229 e. The first-order valence-electron chi connectivity index (χ1n) is 9.06. The van der Waals surface area contributed by atoms with Crippen LogP contribution in [0.1, 0.15) is 27.8 Å². The zero-order chi connectivity index (χ0) is 19.7. The largest absolute Gasteiger partial charge is 0.284 e. The van der Waals surface area contributed by atoms with Gasteiger partial charge < -0.3 is 0 Å². The number of anilines is 1. The number of benzene rings is 3. The Labute approximate surface area is 170 Å². The third kappa shape index (κ3) is 3.98. The Balaban J connectivity index is 1.83. The van der Waals surface area contributed by atoms with E-state index in [0.717, 1.165) is 40.8 Å².